The lowest BCUT2D eigenvalue weighted by Crippen LogP contribution is -2.23. The second-order valence-corrected chi connectivity index (χ2v) is 8.09. The Bertz CT molecular complexity index is 1560. The molecule has 0 saturated heterocycles. The lowest BCUT2D eigenvalue weighted by molar-refractivity contribution is 0.101. The van der Waals surface area contributed by atoms with Gasteiger partial charge >= 0.3 is 0 Å². The van der Waals surface area contributed by atoms with Crippen LogP contribution in [0.1, 0.15) is 23.0 Å². The maximum absolute atomic E-state index is 12.8. The predicted octanol–water partition coefficient (Wildman–Crippen LogP) is 3.84. The number of ketones is 1. The lowest BCUT2D eigenvalue weighted by Gasteiger charge is -2.03. The molecule has 2 aromatic carbocycles. The third-order valence-electron chi connectivity index (χ3n) is 5.01. The fraction of sp³-hybridized carbons (Fsp3) is 0.0833. The van der Waals surface area contributed by atoms with Gasteiger partial charge in [0.25, 0.3) is 5.56 Å². The molecule has 158 valence electrons. The molecule has 0 aliphatic rings. The van der Waals surface area contributed by atoms with Crippen molar-refractivity contribution in [1.29, 1.82) is 0 Å². The molecule has 3 heterocycles. The van der Waals surface area contributed by atoms with Crippen LogP contribution in [0.25, 0.3) is 33.7 Å². The molecule has 0 atom stereocenters. The van der Waals surface area contributed by atoms with Gasteiger partial charge in [-0.3, -0.25) is 9.59 Å². The minimum absolute atomic E-state index is 0.0122. The number of fused-ring (bicyclic) bond motifs is 1. The topological polar surface area (TPSA) is 86.7 Å². The van der Waals surface area contributed by atoms with E-state index in [1.807, 2.05) is 42.5 Å². The summed E-state index contributed by atoms with van der Waals surface area (Å²) >= 11 is 1.24. The number of hydrogen-bond acceptors (Lipinski definition) is 7. The first kappa shape index (κ1) is 19.9. The Labute approximate surface area is 186 Å². The van der Waals surface area contributed by atoms with Crippen LogP contribution in [0.5, 0.6) is 5.75 Å². The number of carbonyl (C=O) groups excluding carboxylic acids is 1. The van der Waals surface area contributed by atoms with Gasteiger partial charge in [0.2, 0.25) is 4.96 Å². The van der Waals surface area contributed by atoms with Gasteiger partial charge in [0.05, 0.1) is 12.7 Å². The molecule has 7 nitrogen and oxygen atoms in total. The van der Waals surface area contributed by atoms with Crippen molar-refractivity contribution in [2.75, 3.05) is 7.11 Å². The largest absolute Gasteiger partial charge is 0.496 e. The van der Waals surface area contributed by atoms with Gasteiger partial charge < -0.3 is 9.15 Å². The number of rotatable bonds is 5. The molecule has 5 aromatic rings. The number of para-hydroxylation sites is 1. The third kappa shape index (κ3) is 3.50. The number of furan rings is 1. The van der Waals surface area contributed by atoms with E-state index in [0.29, 0.717) is 38.2 Å². The minimum atomic E-state index is -0.262. The number of thiazole rings is 1. The van der Waals surface area contributed by atoms with Crippen molar-refractivity contribution in [3.8, 4) is 28.5 Å². The van der Waals surface area contributed by atoms with E-state index in [0.717, 1.165) is 11.1 Å². The summed E-state index contributed by atoms with van der Waals surface area (Å²) in [5, 5.41) is 4.37. The molecule has 0 bridgehead atoms. The van der Waals surface area contributed by atoms with Crippen molar-refractivity contribution >= 4 is 28.2 Å². The zero-order valence-corrected chi connectivity index (χ0v) is 18.1. The third-order valence-corrected chi connectivity index (χ3v) is 5.96. The maximum atomic E-state index is 12.8. The van der Waals surface area contributed by atoms with Crippen LogP contribution in [0.15, 0.2) is 69.9 Å². The number of aromatic nitrogens is 3. The van der Waals surface area contributed by atoms with Gasteiger partial charge in [-0.05, 0) is 31.2 Å². The number of Topliss-reactive ketones (excluding diaryl/α,β-unsaturated/α-hetero) is 1. The Hall–Kier alpha value is -4.04. The van der Waals surface area contributed by atoms with Crippen molar-refractivity contribution < 1.29 is 13.9 Å². The molecule has 32 heavy (non-hydrogen) atoms. The molecule has 0 aliphatic carbocycles. The minimum Gasteiger partial charge on any atom is -0.496 e. The fourth-order valence-electron chi connectivity index (χ4n) is 3.36. The highest BCUT2D eigenvalue weighted by Gasteiger charge is 2.15. The number of nitrogens with zero attached hydrogens (tertiary/aromatic N) is 3. The predicted molar refractivity (Wildman–Crippen MR) is 122 cm³/mol. The highest BCUT2D eigenvalue weighted by molar-refractivity contribution is 7.15. The zero-order valence-electron chi connectivity index (χ0n) is 17.2. The highest BCUT2D eigenvalue weighted by atomic mass is 32.1. The highest BCUT2D eigenvalue weighted by Crippen LogP contribution is 2.27. The molecule has 0 saturated carbocycles. The van der Waals surface area contributed by atoms with Crippen LogP contribution in [0, 0.1) is 0 Å². The molecule has 0 amide bonds. The van der Waals surface area contributed by atoms with Crippen molar-refractivity contribution in [3.63, 3.8) is 0 Å². The summed E-state index contributed by atoms with van der Waals surface area (Å²) < 4.78 is 13.0. The van der Waals surface area contributed by atoms with Gasteiger partial charge in [-0.1, -0.05) is 47.7 Å². The van der Waals surface area contributed by atoms with Gasteiger partial charge in [-0.25, -0.2) is 0 Å². The summed E-state index contributed by atoms with van der Waals surface area (Å²) in [6, 6.07) is 18.2. The summed E-state index contributed by atoms with van der Waals surface area (Å²) in [5.41, 5.74) is 1.95. The van der Waals surface area contributed by atoms with E-state index in [1.165, 1.54) is 22.8 Å². The van der Waals surface area contributed by atoms with E-state index in [9.17, 15) is 9.59 Å². The first-order valence-electron chi connectivity index (χ1n) is 9.79. The number of benzene rings is 2. The Morgan fingerprint density at radius 1 is 1.09 bits per heavy atom. The molecule has 0 fully saturated rings. The van der Waals surface area contributed by atoms with Crippen LogP contribution in [0.4, 0.5) is 0 Å². The summed E-state index contributed by atoms with van der Waals surface area (Å²) in [7, 11) is 1.58. The molecule has 0 radical (unpaired) electrons. The number of carbonyl (C=O) groups is 1. The monoisotopic (exact) mass is 443 g/mol. The van der Waals surface area contributed by atoms with E-state index < -0.39 is 0 Å². The van der Waals surface area contributed by atoms with Crippen molar-refractivity contribution in [1.82, 2.24) is 14.6 Å². The quantitative estimate of drug-likeness (QED) is 0.384. The van der Waals surface area contributed by atoms with Gasteiger partial charge in [0.15, 0.2) is 11.6 Å². The summed E-state index contributed by atoms with van der Waals surface area (Å²) in [6.45, 7) is 1.53. The van der Waals surface area contributed by atoms with Gasteiger partial charge in [-0.15, -0.1) is 5.10 Å². The van der Waals surface area contributed by atoms with Gasteiger partial charge in [0, 0.05) is 17.2 Å². The van der Waals surface area contributed by atoms with E-state index >= 15 is 0 Å². The van der Waals surface area contributed by atoms with Crippen LogP contribution in [-0.2, 0) is 0 Å². The normalized spacial score (nSPS) is 11.9. The van der Waals surface area contributed by atoms with Gasteiger partial charge in [0.1, 0.15) is 21.8 Å². The Balaban J connectivity index is 1.48. The van der Waals surface area contributed by atoms with E-state index in [2.05, 4.69) is 10.1 Å². The smallest absolute Gasteiger partial charge is 0.291 e. The van der Waals surface area contributed by atoms with Crippen molar-refractivity contribution in [2.45, 2.75) is 6.92 Å². The Morgan fingerprint density at radius 3 is 2.59 bits per heavy atom. The maximum Gasteiger partial charge on any atom is 0.291 e. The number of methoxy groups -OCH3 is 1. The van der Waals surface area contributed by atoms with Crippen LogP contribution in [0.2, 0.25) is 0 Å². The number of ether oxygens (including phenoxy) is 1. The standard InChI is InChI=1S/C24H17N3O4S/c1-14(28)15-7-9-16(10-8-15)19-12-11-17(31-19)13-21-23(29)27-24(32-21)25-22(26-27)18-5-3-4-6-20(18)30-2/h3-13H,1-2H3/b21-13-. The van der Waals surface area contributed by atoms with Crippen molar-refractivity contribution in [2.24, 2.45) is 0 Å². The van der Waals surface area contributed by atoms with E-state index in [1.54, 1.807) is 31.4 Å². The first-order chi connectivity index (χ1) is 15.5. The second-order valence-electron chi connectivity index (χ2n) is 7.08. The Kier molecular flexibility index (Phi) is 4.91. The molecule has 0 aliphatic heterocycles. The first-order valence-corrected chi connectivity index (χ1v) is 10.6. The molecular formula is C24H17N3O4S. The number of hydrogen-bond donors (Lipinski definition) is 0. The average Bonchev–Trinajstić information content (AvgIpc) is 3.51. The summed E-state index contributed by atoms with van der Waals surface area (Å²) in [4.78, 5) is 29.3. The van der Waals surface area contributed by atoms with Crippen LogP contribution < -0.4 is 14.8 Å². The molecular weight excluding hydrogens is 426 g/mol. The Morgan fingerprint density at radius 2 is 1.88 bits per heavy atom. The molecule has 8 heteroatoms. The van der Waals surface area contributed by atoms with Crippen LogP contribution >= 0.6 is 11.3 Å². The van der Waals surface area contributed by atoms with Crippen LogP contribution in [0.3, 0.4) is 0 Å². The fourth-order valence-corrected chi connectivity index (χ4v) is 4.25. The summed E-state index contributed by atoms with van der Waals surface area (Å²) in [5.74, 6) is 2.29. The second kappa shape index (κ2) is 7.90. The van der Waals surface area contributed by atoms with E-state index in [-0.39, 0.29) is 11.3 Å². The van der Waals surface area contributed by atoms with Crippen molar-refractivity contribution in [3.05, 3.63) is 86.9 Å². The molecule has 0 spiro atoms. The summed E-state index contributed by atoms with van der Waals surface area (Å²) in [6.07, 6.45) is 1.68. The van der Waals surface area contributed by atoms with Gasteiger partial charge in [-0.2, -0.15) is 9.50 Å². The molecule has 0 unspecified atom stereocenters. The molecule has 3 aromatic heterocycles. The van der Waals surface area contributed by atoms with Crippen LogP contribution in [-0.4, -0.2) is 27.5 Å². The average molecular weight is 443 g/mol. The van der Waals surface area contributed by atoms with E-state index in [4.69, 9.17) is 9.15 Å². The zero-order chi connectivity index (χ0) is 22.2. The molecule has 0 N–H and O–H groups in total. The SMILES string of the molecule is COc1ccccc1-c1nc2s/c(=C\c3ccc(-c4ccc(C(C)=O)cc4)o3)c(=O)n2n1. The lowest BCUT2D eigenvalue weighted by atomic mass is 10.1. The molecule has 5 rings (SSSR count).